The number of hydrogen-bond acceptors (Lipinski definition) is 0. The molecule has 0 unspecified atom stereocenters. The first-order valence-electron chi connectivity index (χ1n) is 10.7. The zero-order chi connectivity index (χ0) is 21.0. The fraction of sp³-hybridized carbons (Fsp3) is 0.0667. The molecule has 1 heteroatoms. The van der Waals surface area contributed by atoms with Crippen LogP contribution in [-0.2, 0) is 6.42 Å². The van der Waals surface area contributed by atoms with Crippen LogP contribution in [0.1, 0.15) is 16.7 Å². The number of hydrogen-bond donors (Lipinski definition) is 0. The summed E-state index contributed by atoms with van der Waals surface area (Å²) in [7, 11) is 0. The van der Waals surface area contributed by atoms with Crippen LogP contribution in [0.15, 0.2) is 115 Å². The number of aryl methyl sites for hydroxylation is 1. The maximum atomic E-state index is 2.29. The Kier molecular flexibility index (Phi) is 5.71. The third-order valence-corrected chi connectivity index (χ3v) is 8.43. The Morgan fingerprint density at radius 2 is 1.03 bits per heavy atom. The normalized spacial score (nSPS) is 10.9. The summed E-state index contributed by atoms with van der Waals surface area (Å²) in [5.74, 6) is 0. The average molecular weight is 463 g/mol. The van der Waals surface area contributed by atoms with Crippen molar-refractivity contribution in [2.45, 2.75) is 13.3 Å². The average Bonchev–Trinajstić information content (AvgIpc) is 3.20. The molecule has 4 aromatic carbocycles. The van der Waals surface area contributed by atoms with E-state index in [0.717, 1.165) is 6.42 Å². The predicted octanol–water partition coefficient (Wildman–Crippen LogP) is 7.64. The Hall–Kier alpha value is -3.12. The van der Waals surface area contributed by atoms with Crippen molar-refractivity contribution in [3.05, 3.63) is 132 Å². The van der Waals surface area contributed by atoms with E-state index < -0.39 is 0 Å². The molecule has 0 nitrogen and oxygen atoms in total. The van der Waals surface area contributed by atoms with Crippen LogP contribution in [-0.4, -0.2) is 14.5 Å². The van der Waals surface area contributed by atoms with Gasteiger partial charge in [0.05, 0.1) is 0 Å². The van der Waals surface area contributed by atoms with Gasteiger partial charge in [-0.25, -0.2) is 0 Å². The molecule has 0 aliphatic heterocycles. The first-order valence-corrected chi connectivity index (χ1v) is 12.4. The van der Waals surface area contributed by atoms with Gasteiger partial charge >= 0.3 is 191 Å². The molecule has 31 heavy (non-hydrogen) atoms. The predicted molar refractivity (Wildman–Crippen MR) is 134 cm³/mol. The summed E-state index contributed by atoms with van der Waals surface area (Å²) in [6.07, 6.45) is 0.951. The molecule has 0 aliphatic rings. The molecule has 0 N–H and O–H groups in total. The minimum absolute atomic E-state index is 0.243. The van der Waals surface area contributed by atoms with Crippen molar-refractivity contribution in [2.24, 2.45) is 0 Å². The molecule has 1 heterocycles. The SMILES string of the molecule is Cc1ccc(-c2c(-c3ccccc3)[se]c(-c3ccccc3)c2Cc2ccccc2)cc1. The van der Waals surface area contributed by atoms with E-state index in [9.17, 15) is 0 Å². The molecule has 5 aromatic rings. The second-order valence-corrected chi connectivity index (χ2v) is 10.0. The zero-order valence-electron chi connectivity index (χ0n) is 17.6. The Bertz CT molecular complexity index is 1270. The topological polar surface area (TPSA) is 0 Å². The van der Waals surface area contributed by atoms with Crippen LogP contribution in [0.3, 0.4) is 0 Å². The molecule has 0 radical (unpaired) electrons. The molecule has 0 atom stereocenters. The van der Waals surface area contributed by atoms with Crippen LogP contribution in [0.5, 0.6) is 0 Å². The maximum absolute atomic E-state index is 2.29. The van der Waals surface area contributed by atoms with Gasteiger partial charge in [-0.1, -0.05) is 0 Å². The zero-order valence-corrected chi connectivity index (χ0v) is 19.3. The fourth-order valence-electron chi connectivity index (χ4n) is 4.07. The number of benzene rings is 4. The van der Waals surface area contributed by atoms with E-state index in [1.165, 1.54) is 47.8 Å². The third-order valence-electron chi connectivity index (χ3n) is 5.64. The van der Waals surface area contributed by atoms with Crippen LogP contribution in [0.4, 0.5) is 0 Å². The second kappa shape index (κ2) is 8.94. The number of rotatable bonds is 5. The van der Waals surface area contributed by atoms with E-state index >= 15 is 0 Å². The van der Waals surface area contributed by atoms with Gasteiger partial charge in [0.25, 0.3) is 0 Å². The molecule has 0 saturated heterocycles. The van der Waals surface area contributed by atoms with Gasteiger partial charge in [0.1, 0.15) is 0 Å². The third kappa shape index (κ3) is 4.21. The van der Waals surface area contributed by atoms with Crippen LogP contribution >= 0.6 is 0 Å². The van der Waals surface area contributed by atoms with E-state index in [2.05, 4.69) is 122 Å². The van der Waals surface area contributed by atoms with Crippen molar-refractivity contribution in [3.63, 3.8) is 0 Å². The minimum atomic E-state index is 0.243. The molecule has 0 fully saturated rings. The van der Waals surface area contributed by atoms with E-state index in [0.29, 0.717) is 0 Å². The molecule has 0 aliphatic carbocycles. The van der Waals surface area contributed by atoms with Gasteiger partial charge < -0.3 is 0 Å². The van der Waals surface area contributed by atoms with Gasteiger partial charge in [0.15, 0.2) is 0 Å². The van der Waals surface area contributed by atoms with Gasteiger partial charge in [0, 0.05) is 0 Å². The van der Waals surface area contributed by atoms with Crippen molar-refractivity contribution in [1.29, 1.82) is 0 Å². The molecule has 5 rings (SSSR count). The van der Waals surface area contributed by atoms with E-state index in [-0.39, 0.29) is 14.5 Å². The molecule has 0 saturated carbocycles. The summed E-state index contributed by atoms with van der Waals surface area (Å²) in [5, 5.41) is 0. The van der Waals surface area contributed by atoms with Crippen molar-refractivity contribution in [1.82, 2.24) is 0 Å². The van der Waals surface area contributed by atoms with Crippen molar-refractivity contribution < 1.29 is 0 Å². The van der Waals surface area contributed by atoms with Gasteiger partial charge in [-0.15, -0.1) is 0 Å². The van der Waals surface area contributed by atoms with Crippen LogP contribution < -0.4 is 0 Å². The summed E-state index contributed by atoms with van der Waals surface area (Å²) in [6.45, 7) is 2.16. The standard InChI is InChI=1S/C30H24Se/c1-22-17-19-24(20-18-22)28-27(21-23-11-5-2-6-12-23)29(25-13-7-3-8-14-25)31-30(28)26-15-9-4-10-16-26/h2-20H,21H2,1H3. The van der Waals surface area contributed by atoms with Gasteiger partial charge in [-0.3, -0.25) is 0 Å². The Morgan fingerprint density at radius 1 is 0.516 bits per heavy atom. The summed E-state index contributed by atoms with van der Waals surface area (Å²) in [5.41, 5.74) is 9.57. The van der Waals surface area contributed by atoms with Crippen molar-refractivity contribution in [2.75, 3.05) is 0 Å². The molecule has 0 bridgehead atoms. The Morgan fingerprint density at radius 3 is 1.61 bits per heavy atom. The quantitative estimate of drug-likeness (QED) is 0.235. The van der Waals surface area contributed by atoms with Crippen LogP contribution in [0.25, 0.3) is 31.1 Å². The summed E-state index contributed by atoms with van der Waals surface area (Å²) in [6, 6.07) is 41.8. The molecule has 0 spiro atoms. The van der Waals surface area contributed by atoms with E-state index in [4.69, 9.17) is 0 Å². The molecular weight excluding hydrogens is 439 g/mol. The van der Waals surface area contributed by atoms with Crippen molar-refractivity contribution in [3.8, 4) is 31.1 Å². The van der Waals surface area contributed by atoms with Gasteiger partial charge in [0.2, 0.25) is 0 Å². The van der Waals surface area contributed by atoms with Crippen molar-refractivity contribution >= 4 is 14.5 Å². The monoisotopic (exact) mass is 464 g/mol. The Balaban J connectivity index is 1.80. The second-order valence-electron chi connectivity index (χ2n) is 7.87. The van der Waals surface area contributed by atoms with Gasteiger partial charge in [-0.2, -0.15) is 0 Å². The van der Waals surface area contributed by atoms with E-state index in [1.807, 2.05) is 0 Å². The van der Waals surface area contributed by atoms with Crippen LogP contribution in [0.2, 0.25) is 0 Å². The molecular formula is C30H24Se. The van der Waals surface area contributed by atoms with Gasteiger partial charge in [-0.05, 0) is 0 Å². The first-order chi connectivity index (χ1) is 15.3. The molecule has 0 amide bonds. The first kappa shape index (κ1) is 19.8. The molecule has 150 valence electrons. The van der Waals surface area contributed by atoms with E-state index in [1.54, 1.807) is 0 Å². The Labute approximate surface area is 190 Å². The van der Waals surface area contributed by atoms with Crippen LogP contribution in [0, 0.1) is 6.92 Å². The molecule has 1 aromatic heterocycles. The fourth-order valence-corrected chi connectivity index (χ4v) is 6.91. The summed E-state index contributed by atoms with van der Waals surface area (Å²) < 4.78 is 2.99. The summed E-state index contributed by atoms with van der Waals surface area (Å²) in [4.78, 5) is 0. The summed E-state index contributed by atoms with van der Waals surface area (Å²) >= 11 is 0.243.